The Morgan fingerprint density at radius 1 is 1.35 bits per heavy atom. The number of hydrogen-bond donors (Lipinski definition) is 1. The third-order valence-corrected chi connectivity index (χ3v) is 4.45. The fourth-order valence-corrected chi connectivity index (χ4v) is 3.08. The number of amides is 1. The average Bonchev–Trinajstić information content (AvgIpc) is 2.76. The van der Waals surface area contributed by atoms with E-state index in [1.54, 1.807) is 13.8 Å². The van der Waals surface area contributed by atoms with E-state index >= 15 is 0 Å². The topological polar surface area (TPSA) is 50.2 Å². The van der Waals surface area contributed by atoms with E-state index in [9.17, 15) is 13.6 Å². The SMILES string of the molecule is CNCC1CCN(C(=O)Cc2c(C)nn(C(F)F)c2C)CC1.Cl. The molecule has 0 spiro atoms. The maximum absolute atomic E-state index is 12.8. The molecule has 0 radical (unpaired) electrons. The molecule has 23 heavy (non-hydrogen) atoms. The minimum Gasteiger partial charge on any atom is -0.342 e. The first-order valence-electron chi connectivity index (χ1n) is 7.69. The fraction of sp³-hybridized carbons (Fsp3) is 0.733. The van der Waals surface area contributed by atoms with Gasteiger partial charge in [0.1, 0.15) is 0 Å². The lowest BCUT2D eigenvalue weighted by molar-refractivity contribution is -0.131. The molecule has 2 rings (SSSR count). The molecule has 0 saturated carbocycles. The summed E-state index contributed by atoms with van der Waals surface area (Å²) < 4.78 is 26.3. The molecule has 1 aromatic rings. The zero-order valence-electron chi connectivity index (χ0n) is 13.8. The molecular weight excluding hydrogens is 326 g/mol. The monoisotopic (exact) mass is 350 g/mol. The minimum atomic E-state index is -2.67. The summed E-state index contributed by atoms with van der Waals surface area (Å²) in [6.45, 7) is 3.06. The second-order valence-electron chi connectivity index (χ2n) is 5.93. The zero-order valence-corrected chi connectivity index (χ0v) is 14.6. The number of rotatable bonds is 5. The zero-order chi connectivity index (χ0) is 16.3. The van der Waals surface area contributed by atoms with E-state index in [1.807, 2.05) is 11.9 Å². The maximum atomic E-state index is 12.8. The van der Waals surface area contributed by atoms with Crippen LogP contribution in [0.25, 0.3) is 0 Å². The third kappa shape index (κ3) is 4.64. The molecule has 0 bridgehead atoms. The van der Waals surface area contributed by atoms with Gasteiger partial charge in [-0.1, -0.05) is 0 Å². The van der Waals surface area contributed by atoms with Crippen molar-refractivity contribution in [3.8, 4) is 0 Å². The van der Waals surface area contributed by atoms with Crippen LogP contribution in [0.4, 0.5) is 8.78 Å². The smallest absolute Gasteiger partial charge is 0.333 e. The summed E-state index contributed by atoms with van der Waals surface area (Å²) >= 11 is 0. The van der Waals surface area contributed by atoms with E-state index in [1.165, 1.54) is 0 Å². The fourth-order valence-electron chi connectivity index (χ4n) is 3.08. The van der Waals surface area contributed by atoms with E-state index in [0.29, 0.717) is 27.6 Å². The van der Waals surface area contributed by atoms with E-state index in [4.69, 9.17) is 0 Å². The number of nitrogens with one attached hydrogen (secondary N) is 1. The maximum Gasteiger partial charge on any atom is 0.333 e. The van der Waals surface area contributed by atoms with Gasteiger partial charge in [-0.15, -0.1) is 12.4 Å². The first kappa shape index (κ1) is 19.8. The number of piperidine rings is 1. The second kappa shape index (κ2) is 8.59. The minimum absolute atomic E-state index is 0. The Balaban J connectivity index is 0.00000264. The highest BCUT2D eigenvalue weighted by atomic mass is 35.5. The van der Waals surface area contributed by atoms with Crippen molar-refractivity contribution >= 4 is 18.3 Å². The van der Waals surface area contributed by atoms with Crippen molar-refractivity contribution in [3.05, 3.63) is 17.0 Å². The summed E-state index contributed by atoms with van der Waals surface area (Å²) in [5.74, 6) is 0.613. The first-order chi connectivity index (χ1) is 10.4. The molecule has 1 aliphatic rings. The Morgan fingerprint density at radius 3 is 2.43 bits per heavy atom. The second-order valence-corrected chi connectivity index (χ2v) is 5.93. The van der Waals surface area contributed by atoms with Crippen LogP contribution in [0.2, 0.25) is 0 Å². The Morgan fingerprint density at radius 2 is 1.96 bits per heavy atom. The number of likely N-dealkylation sites (tertiary alicyclic amines) is 1. The molecule has 1 aromatic heterocycles. The number of aromatic nitrogens is 2. The molecule has 0 aromatic carbocycles. The van der Waals surface area contributed by atoms with Gasteiger partial charge in [0.05, 0.1) is 12.1 Å². The molecular formula is C15H25ClF2N4O. The number of halogens is 3. The standard InChI is InChI=1S/C15H24F2N4O.ClH/c1-10-13(11(2)21(19-10)15(16)17)8-14(22)20-6-4-12(5-7-20)9-18-3;/h12,15,18H,4-9H2,1-3H3;1H. The molecule has 0 aliphatic carbocycles. The van der Waals surface area contributed by atoms with Gasteiger partial charge in [-0.2, -0.15) is 13.9 Å². The average molecular weight is 351 g/mol. The van der Waals surface area contributed by atoms with Crippen LogP contribution in [0.1, 0.15) is 36.3 Å². The van der Waals surface area contributed by atoms with Crippen LogP contribution in [-0.4, -0.2) is 47.3 Å². The number of alkyl halides is 2. The highest BCUT2D eigenvalue weighted by molar-refractivity contribution is 5.85. The van der Waals surface area contributed by atoms with Gasteiger partial charge in [-0.3, -0.25) is 4.79 Å². The first-order valence-corrected chi connectivity index (χ1v) is 7.69. The predicted octanol–water partition coefficient (Wildman–Crippen LogP) is 2.32. The molecule has 0 atom stereocenters. The molecule has 8 heteroatoms. The molecule has 2 heterocycles. The van der Waals surface area contributed by atoms with Crippen molar-refractivity contribution in [3.63, 3.8) is 0 Å². The van der Waals surface area contributed by atoms with Crippen molar-refractivity contribution in [1.29, 1.82) is 0 Å². The number of hydrogen-bond acceptors (Lipinski definition) is 3. The summed E-state index contributed by atoms with van der Waals surface area (Å²) in [6, 6.07) is 0. The van der Waals surface area contributed by atoms with Gasteiger partial charge in [-0.25, -0.2) is 4.68 Å². The van der Waals surface area contributed by atoms with Crippen LogP contribution in [-0.2, 0) is 11.2 Å². The van der Waals surface area contributed by atoms with Gasteiger partial charge in [0.15, 0.2) is 0 Å². The van der Waals surface area contributed by atoms with E-state index in [0.717, 1.165) is 32.5 Å². The van der Waals surface area contributed by atoms with Crippen molar-refractivity contribution in [2.75, 3.05) is 26.7 Å². The van der Waals surface area contributed by atoms with Gasteiger partial charge >= 0.3 is 6.55 Å². The van der Waals surface area contributed by atoms with Crippen LogP contribution >= 0.6 is 12.4 Å². The summed E-state index contributed by atoms with van der Waals surface area (Å²) in [6.07, 6.45) is 2.13. The lowest BCUT2D eigenvalue weighted by Gasteiger charge is -2.32. The lowest BCUT2D eigenvalue weighted by Crippen LogP contribution is -2.41. The molecule has 1 saturated heterocycles. The summed E-state index contributed by atoms with van der Waals surface area (Å²) in [4.78, 5) is 14.2. The van der Waals surface area contributed by atoms with Gasteiger partial charge in [-0.05, 0) is 46.2 Å². The quantitative estimate of drug-likeness (QED) is 0.886. The number of aryl methyl sites for hydroxylation is 1. The Labute approximate surface area is 141 Å². The van der Waals surface area contributed by atoms with E-state index < -0.39 is 6.55 Å². The lowest BCUT2D eigenvalue weighted by atomic mass is 9.96. The van der Waals surface area contributed by atoms with Crippen LogP contribution in [0.3, 0.4) is 0 Å². The molecule has 1 amide bonds. The normalized spacial score (nSPS) is 15.8. The largest absolute Gasteiger partial charge is 0.342 e. The molecule has 1 fully saturated rings. The Hall–Kier alpha value is -1.21. The van der Waals surface area contributed by atoms with Gasteiger partial charge in [0.2, 0.25) is 5.91 Å². The van der Waals surface area contributed by atoms with Crippen LogP contribution in [0.5, 0.6) is 0 Å². The molecule has 0 unspecified atom stereocenters. The summed E-state index contributed by atoms with van der Waals surface area (Å²) in [5, 5.41) is 7.00. The molecule has 5 nitrogen and oxygen atoms in total. The molecule has 132 valence electrons. The van der Waals surface area contributed by atoms with E-state index in [-0.39, 0.29) is 24.7 Å². The van der Waals surface area contributed by atoms with E-state index in [2.05, 4.69) is 10.4 Å². The summed E-state index contributed by atoms with van der Waals surface area (Å²) in [7, 11) is 1.93. The number of nitrogens with zero attached hydrogens (tertiary/aromatic N) is 3. The van der Waals surface area contributed by atoms with Crippen molar-refractivity contribution < 1.29 is 13.6 Å². The van der Waals surface area contributed by atoms with Crippen molar-refractivity contribution in [2.24, 2.45) is 5.92 Å². The Kier molecular flexibility index (Phi) is 7.41. The van der Waals surface area contributed by atoms with Crippen LogP contribution in [0.15, 0.2) is 0 Å². The predicted molar refractivity (Wildman–Crippen MR) is 87.1 cm³/mol. The number of carbonyl (C=O) groups is 1. The van der Waals surface area contributed by atoms with Gasteiger partial charge in [0, 0.05) is 24.3 Å². The molecule has 1 aliphatic heterocycles. The number of carbonyl (C=O) groups excluding carboxylic acids is 1. The highest BCUT2D eigenvalue weighted by Gasteiger charge is 2.25. The Bertz CT molecular complexity index is 528. The van der Waals surface area contributed by atoms with Crippen molar-refractivity contribution in [2.45, 2.75) is 39.7 Å². The van der Waals surface area contributed by atoms with Crippen LogP contribution < -0.4 is 5.32 Å². The van der Waals surface area contributed by atoms with Crippen LogP contribution in [0, 0.1) is 19.8 Å². The molecule has 1 N–H and O–H groups in total. The van der Waals surface area contributed by atoms with Gasteiger partial charge < -0.3 is 10.2 Å². The van der Waals surface area contributed by atoms with Gasteiger partial charge in [0.25, 0.3) is 0 Å². The third-order valence-electron chi connectivity index (χ3n) is 4.45. The van der Waals surface area contributed by atoms with Crippen molar-refractivity contribution in [1.82, 2.24) is 20.0 Å². The summed E-state index contributed by atoms with van der Waals surface area (Å²) in [5.41, 5.74) is 1.52. The highest BCUT2D eigenvalue weighted by Crippen LogP contribution is 2.22.